The molecule has 2 atom stereocenters. The van der Waals surface area contributed by atoms with Gasteiger partial charge in [0.1, 0.15) is 0 Å². The number of nitrogens with two attached hydrogens (primary N) is 1. The smallest absolute Gasteiger partial charge is 0.239 e. The van der Waals surface area contributed by atoms with Crippen molar-refractivity contribution in [2.24, 2.45) is 11.7 Å². The maximum absolute atomic E-state index is 11.6. The number of likely N-dealkylation sites (N-methyl/N-ethyl adjacent to an activating group) is 1. The largest absolute Gasteiger partial charge is 0.381 e. The van der Waals surface area contributed by atoms with Crippen LogP contribution in [0.2, 0.25) is 0 Å². The summed E-state index contributed by atoms with van der Waals surface area (Å²) in [6.45, 7) is 6.84. The van der Waals surface area contributed by atoms with Crippen LogP contribution in [0.3, 0.4) is 0 Å². The Hall–Kier alpha value is -0.610. The molecule has 82 valence electrons. The number of ether oxygens (including phenoxy) is 1. The van der Waals surface area contributed by atoms with E-state index in [-0.39, 0.29) is 5.91 Å². The van der Waals surface area contributed by atoms with Crippen molar-refractivity contribution in [1.82, 2.24) is 4.90 Å². The zero-order valence-electron chi connectivity index (χ0n) is 9.03. The highest BCUT2D eigenvalue weighted by Gasteiger charge is 2.22. The van der Waals surface area contributed by atoms with Crippen LogP contribution in [0.15, 0.2) is 0 Å². The van der Waals surface area contributed by atoms with E-state index in [1.165, 1.54) is 0 Å². The van der Waals surface area contributed by atoms with Crippen molar-refractivity contribution in [2.45, 2.75) is 26.3 Å². The monoisotopic (exact) mass is 200 g/mol. The molecular weight excluding hydrogens is 180 g/mol. The van der Waals surface area contributed by atoms with Crippen LogP contribution < -0.4 is 5.73 Å². The Morgan fingerprint density at radius 3 is 2.86 bits per heavy atom. The lowest BCUT2D eigenvalue weighted by molar-refractivity contribution is -0.132. The molecule has 2 N–H and O–H groups in total. The molecule has 1 unspecified atom stereocenters. The fourth-order valence-corrected chi connectivity index (χ4v) is 1.70. The first-order chi connectivity index (χ1) is 6.65. The van der Waals surface area contributed by atoms with Crippen molar-refractivity contribution < 1.29 is 9.53 Å². The second kappa shape index (κ2) is 5.32. The van der Waals surface area contributed by atoms with Crippen molar-refractivity contribution in [1.29, 1.82) is 0 Å². The van der Waals surface area contributed by atoms with Crippen LogP contribution in [0.5, 0.6) is 0 Å². The second-order valence-corrected chi connectivity index (χ2v) is 3.90. The van der Waals surface area contributed by atoms with E-state index in [9.17, 15) is 4.79 Å². The first-order valence-corrected chi connectivity index (χ1v) is 5.27. The first kappa shape index (κ1) is 11.5. The molecule has 0 aromatic carbocycles. The molecule has 0 spiro atoms. The number of hydrogen-bond donors (Lipinski definition) is 1. The standard InChI is InChI=1S/C10H20N2O2/c1-3-12(10(13)8(2)11)6-9-4-5-14-7-9/h8-9H,3-7,11H2,1-2H3/t8-,9?/m1/s1. The molecule has 1 fully saturated rings. The maximum atomic E-state index is 11.6. The van der Waals surface area contributed by atoms with E-state index in [1.807, 2.05) is 11.8 Å². The van der Waals surface area contributed by atoms with Gasteiger partial charge in [0.2, 0.25) is 5.91 Å². The minimum absolute atomic E-state index is 0.0411. The highest BCUT2D eigenvalue weighted by Crippen LogP contribution is 2.14. The minimum Gasteiger partial charge on any atom is -0.381 e. The normalized spacial score (nSPS) is 23.5. The number of carbonyl (C=O) groups excluding carboxylic acids is 1. The van der Waals surface area contributed by atoms with Crippen molar-refractivity contribution in [2.75, 3.05) is 26.3 Å². The molecule has 0 aliphatic carbocycles. The van der Waals surface area contributed by atoms with Crippen LogP contribution >= 0.6 is 0 Å². The zero-order chi connectivity index (χ0) is 10.6. The van der Waals surface area contributed by atoms with Crippen molar-refractivity contribution in [3.8, 4) is 0 Å². The molecule has 4 nitrogen and oxygen atoms in total. The third-order valence-electron chi connectivity index (χ3n) is 2.59. The van der Waals surface area contributed by atoms with E-state index < -0.39 is 6.04 Å². The van der Waals surface area contributed by atoms with E-state index in [4.69, 9.17) is 10.5 Å². The molecule has 0 bridgehead atoms. The molecule has 1 saturated heterocycles. The summed E-state index contributed by atoms with van der Waals surface area (Å²) in [4.78, 5) is 13.4. The third kappa shape index (κ3) is 2.96. The van der Waals surface area contributed by atoms with Crippen LogP contribution in [0.1, 0.15) is 20.3 Å². The van der Waals surface area contributed by atoms with Gasteiger partial charge in [0.15, 0.2) is 0 Å². The van der Waals surface area contributed by atoms with Crippen molar-refractivity contribution in [3.05, 3.63) is 0 Å². The van der Waals surface area contributed by atoms with Crippen molar-refractivity contribution >= 4 is 5.91 Å². The van der Waals surface area contributed by atoms with Crippen LogP contribution in [-0.4, -0.2) is 43.2 Å². The predicted octanol–water partition coefficient (Wildman–Crippen LogP) is 0.219. The number of rotatable bonds is 4. The Bertz CT molecular complexity index is 189. The highest BCUT2D eigenvalue weighted by molar-refractivity contribution is 5.81. The number of carbonyl (C=O) groups is 1. The quantitative estimate of drug-likeness (QED) is 0.706. The maximum Gasteiger partial charge on any atom is 0.239 e. The lowest BCUT2D eigenvalue weighted by atomic mass is 10.1. The molecule has 1 heterocycles. The van der Waals surface area contributed by atoms with E-state index in [0.717, 1.165) is 32.7 Å². The van der Waals surface area contributed by atoms with Gasteiger partial charge in [-0.15, -0.1) is 0 Å². The Labute approximate surface area is 85.4 Å². The summed E-state index contributed by atoms with van der Waals surface area (Å²) < 4.78 is 5.27. The van der Waals surface area contributed by atoms with Gasteiger partial charge in [-0.05, 0) is 20.3 Å². The predicted molar refractivity (Wildman–Crippen MR) is 54.8 cm³/mol. The van der Waals surface area contributed by atoms with Gasteiger partial charge in [-0.3, -0.25) is 4.79 Å². The van der Waals surface area contributed by atoms with Gasteiger partial charge < -0.3 is 15.4 Å². The molecule has 0 radical (unpaired) electrons. The SMILES string of the molecule is CCN(CC1CCOC1)C(=O)[C@@H](C)N. The lowest BCUT2D eigenvalue weighted by Gasteiger charge is -2.25. The zero-order valence-corrected chi connectivity index (χ0v) is 9.03. The van der Waals surface area contributed by atoms with Crippen LogP contribution in [-0.2, 0) is 9.53 Å². The average molecular weight is 200 g/mol. The summed E-state index contributed by atoms with van der Waals surface area (Å²) >= 11 is 0. The molecule has 1 rings (SSSR count). The summed E-state index contributed by atoms with van der Waals surface area (Å²) in [6, 6.07) is -0.391. The van der Waals surface area contributed by atoms with Gasteiger partial charge in [0, 0.05) is 25.6 Å². The van der Waals surface area contributed by atoms with Gasteiger partial charge in [-0.1, -0.05) is 0 Å². The Morgan fingerprint density at radius 2 is 2.43 bits per heavy atom. The average Bonchev–Trinajstić information content (AvgIpc) is 2.65. The second-order valence-electron chi connectivity index (χ2n) is 3.90. The summed E-state index contributed by atoms with van der Waals surface area (Å²) in [5.41, 5.74) is 5.56. The topological polar surface area (TPSA) is 55.6 Å². The molecule has 0 saturated carbocycles. The molecule has 0 aromatic rings. The van der Waals surface area contributed by atoms with Crippen molar-refractivity contribution in [3.63, 3.8) is 0 Å². The van der Waals surface area contributed by atoms with Crippen LogP contribution in [0.25, 0.3) is 0 Å². The summed E-state index contributed by atoms with van der Waals surface area (Å²) in [5.74, 6) is 0.539. The van der Waals surface area contributed by atoms with Gasteiger partial charge in [-0.2, -0.15) is 0 Å². The molecular formula is C10H20N2O2. The summed E-state index contributed by atoms with van der Waals surface area (Å²) in [5, 5.41) is 0. The van der Waals surface area contributed by atoms with Gasteiger partial charge in [0.25, 0.3) is 0 Å². The van der Waals surface area contributed by atoms with Gasteiger partial charge >= 0.3 is 0 Å². The Kier molecular flexibility index (Phi) is 4.35. The number of amides is 1. The lowest BCUT2D eigenvalue weighted by Crippen LogP contribution is -2.44. The highest BCUT2D eigenvalue weighted by atomic mass is 16.5. The molecule has 14 heavy (non-hydrogen) atoms. The van der Waals surface area contributed by atoms with Crippen LogP contribution in [0, 0.1) is 5.92 Å². The van der Waals surface area contributed by atoms with Gasteiger partial charge in [0.05, 0.1) is 12.6 Å². The number of hydrogen-bond acceptors (Lipinski definition) is 3. The van der Waals surface area contributed by atoms with E-state index >= 15 is 0 Å². The van der Waals surface area contributed by atoms with Crippen LogP contribution in [0.4, 0.5) is 0 Å². The molecule has 4 heteroatoms. The third-order valence-corrected chi connectivity index (χ3v) is 2.59. The van der Waals surface area contributed by atoms with Gasteiger partial charge in [-0.25, -0.2) is 0 Å². The molecule has 1 aliphatic heterocycles. The Balaban J connectivity index is 2.41. The molecule has 1 amide bonds. The molecule has 0 aromatic heterocycles. The Morgan fingerprint density at radius 1 is 1.71 bits per heavy atom. The fraction of sp³-hybridized carbons (Fsp3) is 0.900. The minimum atomic E-state index is -0.391. The number of nitrogens with zero attached hydrogens (tertiary/aromatic N) is 1. The van der Waals surface area contributed by atoms with E-state index in [0.29, 0.717) is 5.92 Å². The fourth-order valence-electron chi connectivity index (χ4n) is 1.70. The van der Waals surface area contributed by atoms with E-state index in [2.05, 4.69) is 0 Å². The molecule has 1 aliphatic rings. The van der Waals surface area contributed by atoms with E-state index in [1.54, 1.807) is 6.92 Å². The first-order valence-electron chi connectivity index (χ1n) is 5.27. The summed E-state index contributed by atoms with van der Waals surface area (Å²) in [7, 11) is 0. The summed E-state index contributed by atoms with van der Waals surface area (Å²) in [6.07, 6.45) is 1.06.